The number of rotatable bonds is 2. The fraction of sp³-hybridized carbons (Fsp3) is 0.357. The summed E-state index contributed by atoms with van der Waals surface area (Å²) in [5.74, 6) is -1.64. The SMILES string of the molecule is Cc1ccc2c(c1)C(=O)N[C@@H](C)C(=O)N[C@@H](C)C(=O)N[C@@H](Cc1ccccc1)C(=O)NCc1cn(nn1)CCO2. The van der Waals surface area contributed by atoms with Gasteiger partial charge in [0, 0.05) is 6.42 Å². The summed E-state index contributed by atoms with van der Waals surface area (Å²) in [6.45, 7) is 5.54. The second-order valence-corrected chi connectivity index (χ2v) is 9.72. The molecule has 210 valence electrons. The number of ether oxygens (including phenoxy) is 1. The predicted octanol–water partition coefficient (Wildman–Crippen LogP) is 0.646. The molecule has 1 aromatic heterocycles. The van der Waals surface area contributed by atoms with E-state index in [4.69, 9.17) is 4.74 Å². The summed E-state index contributed by atoms with van der Waals surface area (Å²) in [6, 6.07) is 11.7. The smallest absolute Gasteiger partial charge is 0.255 e. The van der Waals surface area contributed by atoms with E-state index in [0.717, 1.165) is 11.1 Å². The molecule has 0 fully saturated rings. The molecular formula is C28H33N7O5. The van der Waals surface area contributed by atoms with Crippen molar-refractivity contribution in [3.8, 4) is 5.75 Å². The fourth-order valence-corrected chi connectivity index (χ4v) is 4.13. The lowest BCUT2D eigenvalue weighted by molar-refractivity contribution is -0.132. The Morgan fingerprint density at radius 2 is 1.65 bits per heavy atom. The molecular weight excluding hydrogens is 514 g/mol. The highest BCUT2D eigenvalue weighted by atomic mass is 16.5. The molecule has 0 aliphatic carbocycles. The number of nitrogens with zero attached hydrogens (tertiary/aromatic N) is 3. The number of benzene rings is 2. The lowest BCUT2D eigenvalue weighted by Gasteiger charge is -2.23. The Kier molecular flexibility index (Phi) is 9.10. The highest BCUT2D eigenvalue weighted by Gasteiger charge is 2.27. The van der Waals surface area contributed by atoms with Crippen molar-refractivity contribution in [3.05, 3.63) is 77.1 Å². The molecule has 0 unspecified atom stereocenters. The van der Waals surface area contributed by atoms with Gasteiger partial charge in [-0.25, -0.2) is 4.68 Å². The van der Waals surface area contributed by atoms with Crippen LogP contribution in [0.2, 0.25) is 0 Å². The van der Waals surface area contributed by atoms with Gasteiger partial charge in [0.2, 0.25) is 17.7 Å². The zero-order valence-corrected chi connectivity index (χ0v) is 22.6. The summed E-state index contributed by atoms with van der Waals surface area (Å²) < 4.78 is 7.44. The Hall–Kier alpha value is -4.74. The zero-order chi connectivity index (χ0) is 28.6. The van der Waals surface area contributed by atoms with Gasteiger partial charge in [0.05, 0.1) is 24.8 Å². The number of carbonyl (C=O) groups excluding carboxylic acids is 4. The van der Waals surface area contributed by atoms with Crippen LogP contribution in [0.4, 0.5) is 0 Å². The lowest BCUT2D eigenvalue weighted by atomic mass is 10.0. The van der Waals surface area contributed by atoms with Crippen LogP contribution in [0, 0.1) is 6.92 Å². The predicted molar refractivity (Wildman–Crippen MR) is 145 cm³/mol. The molecule has 2 heterocycles. The van der Waals surface area contributed by atoms with Gasteiger partial charge < -0.3 is 26.0 Å². The number of hydrogen-bond donors (Lipinski definition) is 4. The van der Waals surface area contributed by atoms with Crippen molar-refractivity contribution in [3.63, 3.8) is 0 Å². The number of fused-ring (bicyclic) bond motifs is 3. The maximum absolute atomic E-state index is 13.1. The van der Waals surface area contributed by atoms with Crippen LogP contribution in [-0.2, 0) is 33.9 Å². The maximum Gasteiger partial charge on any atom is 0.255 e. The van der Waals surface area contributed by atoms with Crippen LogP contribution in [0.25, 0.3) is 0 Å². The molecule has 4 N–H and O–H groups in total. The molecule has 2 aromatic carbocycles. The Morgan fingerprint density at radius 1 is 0.925 bits per heavy atom. The highest BCUT2D eigenvalue weighted by Crippen LogP contribution is 2.20. The first-order valence-corrected chi connectivity index (χ1v) is 13.1. The highest BCUT2D eigenvalue weighted by molar-refractivity contribution is 6.00. The van der Waals surface area contributed by atoms with Gasteiger partial charge >= 0.3 is 0 Å². The van der Waals surface area contributed by atoms with Crippen molar-refractivity contribution in [1.29, 1.82) is 0 Å². The van der Waals surface area contributed by atoms with Crippen LogP contribution in [0.15, 0.2) is 54.7 Å². The Bertz CT molecular complexity index is 1370. The monoisotopic (exact) mass is 547 g/mol. The van der Waals surface area contributed by atoms with E-state index >= 15 is 0 Å². The summed E-state index contributed by atoms with van der Waals surface area (Å²) in [6.07, 6.45) is 1.93. The van der Waals surface area contributed by atoms with Crippen LogP contribution in [-0.4, -0.2) is 63.4 Å². The summed E-state index contributed by atoms with van der Waals surface area (Å²) in [4.78, 5) is 52.0. The fourth-order valence-electron chi connectivity index (χ4n) is 4.13. The van der Waals surface area contributed by atoms with E-state index in [1.165, 1.54) is 13.8 Å². The van der Waals surface area contributed by atoms with Gasteiger partial charge in [-0.3, -0.25) is 19.2 Å². The minimum Gasteiger partial charge on any atom is -0.491 e. The zero-order valence-electron chi connectivity index (χ0n) is 22.6. The van der Waals surface area contributed by atoms with Crippen LogP contribution in [0.5, 0.6) is 5.75 Å². The molecule has 1 aliphatic rings. The van der Waals surface area contributed by atoms with Gasteiger partial charge in [0.1, 0.15) is 36.2 Å². The molecule has 0 spiro atoms. The van der Waals surface area contributed by atoms with Crippen LogP contribution >= 0.6 is 0 Å². The van der Waals surface area contributed by atoms with E-state index in [-0.39, 0.29) is 25.1 Å². The number of aryl methyl sites for hydroxylation is 1. The molecule has 2 bridgehead atoms. The number of carbonyl (C=O) groups is 4. The standard InChI is InChI=1S/C28H33N7O5/c1-17-9-10-24-22(13-17)27(38)31-18(2)25(36)30-19(3)26(37)32-23(14-20-7-5-4-6-8-20)28(39)29-15-21-16-35(34-33-21)11-12-40-24/h4-10,13,16,18-19,23H,11-12,14-15H2,1-3H3,(H,29,39)(H,30,36)(H,31,38)(H,32,37)/t18-,19-,23-/m0/s1. The van der Waals surface area contributed by atoms with Gasteiger partial charge in [-0.1, -0.05) is 47.2 Å². The number of aromatic nitrogens is 3. The lowest BCUT2D eigenvalue weighted by Crippen LogP contribution is -2.55. The van der Waals surface area contributed by atoms with Gasteiger partial charge in [0.25, 0.3) is 5.91 Å². The van der Waals surface area contributed by atoms with Crippen molar-refractivity contribution in [1.82, 2.24) is 36.3 Å². The van der Waals surface area contributed by atoms with E-state index in [9.17, 15) is 19.2 Å². The van der Waals surface area contributed by atoms with Gasteiger partial charge in [0.15, 0.2) is 0 Å². The molecule has 40 heavy (non-hydrogen) atoms. The molecule has 3 atom stereocenters. The molecule has 0 radical (unpaired) electrons. The second-order valence-electron chi connectivity index (χ2n) is 9.72. The topological polar surface area (TPSA) is 156 Å². The normalized spacial score (nSPS) is 21.1. The minimum atomic E-state index is -0.971. The summed E-state index contributed by atoms with van der Waals surface area (Å²) in [5, 5.41) is 19.0. The van der Waals surface area contributed by atoms with E-state index in [0.29, 0.717) is 18.0 Å². The van der Waals surface area contributed by atoms with Crippen molar-refractivity contribution in [2.75, 3.05) is 6.61 Å². The summed E-state index contributed by atoms with van der Waals surface area (Å²) in [7, 11) is 0. The van der Waals surface area contributed by atoms with Gasteiger partial charge in [-0.15, -0.1) is 5.10 Å². The first-order valence-electron chi connectivity index (χ1n) is 13.1. The van der Waals surface area contributed by atoms with Crippen molar-refractivity contribution < 1.29 is 23.9 Å². The quantitative estimate of drug-likeness (QED) is 0.367. The van der Waals surface area contributed by atoms with E-state index in [1.807, 2.05) is 43.3 Å². The molecule has 1 aliphatic heterocycles. The molecule has 4 rings (SSSR count). The molecule has 12 nitrogen and oxygen atoms in total. The first-order chi connectivity index (χ1) is 19.2. The Balaban J connectivity index is 1.57. The summed E-state index contributed by atoms with van der Waals surface area (Å²) >= 11 is 0. The largest absolute Gasteiger partial charge is 0.491 e. The Morgan fingerprint density at radius 3 is 2.42 bits per heavy atom. The van der Waals surface area contributed by atoms with Gasteiger partial charge in [-0.05, 0) is 38.5 Å². The third-order valence-electron chi connectivity index (χ3n) is 6.40. The molecule has 3 aromatic rings. The van der Waals surface area contributed by atoms with Crippen molar-refractivity contribution >= 4 is 23.6 Å². The van der Waals surface area contributed by atoms with Crippen LogP contribution < -0.4 is 26.0 Å². The molecule has 0 saturated carbocycles. The average molecular weight is 548 g/mol. The van der Waals surface area contributed by atoms with Crippen LogP contribution in [0.1, 0.15) is 41.0 Å². The van der Waals surface area contributed by atoms with Gasteiger partial charge in [-0.2, -0.15) is 0 Å². The van der Waals surface area contributed by atoms with Crippen molar-refractivity contribution in [2.24, 2.45) is 0 Å². The molecule has 12 heteroatoms. The third-order valence-corrected chi connectivity index (χ3v) is 6.40. The average Bonchev–Trinajstić information content (AvgIpc) is 3.39. The second kappa shape index (κ2) is 12.9. The Labute approximate surface area is 231 Å². The van der Waals surface area contributed by atoms with Crippen LogP contribution in [0.3, 0.4) is 0 Å². The van der Waals surface area contributed by atoms with E-state index in [2.05, 4.69) is 31.6 Å². The number of hydrogen-bond acceptors (Lipinski definition) is 7. The summed E-state index contributed by atoms with van der Waals surface area (Å²) in [5.41, 5.74) is 2.51. The molecule has 0 saturated heterocycles. The van der Waals surface area contributed by atoms with Crippen molar-refractivity contribution in [2.45, 2.75) is 58.4 Å². The number of amides is 4. The first kappa shape index (κ1) is 28.3. The number of nitrogens with one attached hydrogen (secondary N) is 4. The minimum absolute atomic E-state index is 0.104. The van der Waals surface area contributed by atoms with E-state index < -0.39 is 41.8 Å². The maximum atomic E-state index is 13.1. The molecule has 4 amide bonds. The van der Waals surface area contributed by atoms with E-state index in [1.54, 1.807) is 23.0 Å². The third kappa shape index (κ3) is 7.43.